The summed E-state index contributed by atoms with van der Waals surface area (Å²) in [4.78, 5) is 32.5. The Morgan fingerprint density at radius 3 is 2.55 bits per heavy atom. The van der Waals surface area contributed by atoms with E-state index in [4.69, 9.17) is 5.10 Å². The van der Waals surface area contributed by atoms with Gasteiger partial charge in [0.05, 0.1) is 22.4 Å². The van der Waals surface area contributed by atoms with Crippen LogP contribution in [0, 0.1) is 12.7 Å². The fourth-order valence-corrected chi connectivity index (χ4v) is 6.03. The van der Waals surface area contributed by atoms with Gasteiger partial charge in [-0.25, -0.2) is 9.07 Å². The number of amides is 2. The quantitative estimate of drug-likeness (QED) is 0.339. The number of aromatic nitrogens is 3. The van der Waals surface area contributed by atoms with Gasteiger partial charge in [0.1, 0.15) is 18.2 Å². The molecule has 0 bridgehead atoms. The summed E-state index contributed by atoms with van der Waals surface area (Å²) in [6, 6.07) is 18.0. The molecule has 0 saturated heterocycles. The first-order chi connectivity index (χ1) is 19.1. The number of fused-ring (bicyclic) bond motifs is 1. The monoisotopic (exact) mass is 557 g/mol. The number of rotatable bonds is 6. The molecule has 2 aromatic heterocycles. The molecule has 40 heavy (non-hydrogen) atoms. The standard InChI is InChI=1S/C31H32FN5O2S/c1-20-7-5-10-24(15-20)37-30-27(29(35-37)31(2,3)4)28(22-8-6-9-23(32)16-22)40-19-26(39)36(30)18-25(38)34-17-21-11-13-33-14-12-21/h5-16,28H,17-19H2,1-4H3,(H,34,38)/t28-/m0/s1. The van der Waals surface area contributed by atoms with Crippen molar-refractivity contribution in [3.63, 3.8) is 0 Å². The van der Waals surface area contributed by atoms with Crippen molar-refractivity contribution in [1.29, 1.82) is 0 Å². The number of aryl methyl sites for hydroxylation is 1. The fourth-order valence-electron chi connectivity index (χ4n) is 4.85. The zero-order chi connectivity index (χ0) is 28.4. The Hall–Kier alpha value is -3.98. The number of thioether (sulfide) groups is 1. The van der Waals surface area contributed by atoms with Gasteiger partial charge in [0, 0.05) is 29.9 Å². The molecular weight excluding hydrogens is 525 g/mol. The predicted octanol–water partition coefficient (Wildman–Crippen LogP) is 5.50. The molecule has 0 radical (unpaired) electrons. The van der Waals surface area contributed by atoms with Crippen LogP contribution in [0.25, 0.3) is 5.69 Å². The first-order valence-electron chi connectivity index (χ1n) is 13.2. The molecule has 1 N–H and O–H groups in total. The average Bonchev–Trinajstić information content (AvgIpc) is 3.26. The zero-order valence-corrected chi connectivity index (χ0v) is 23.8. The van der Waals surface area contributed by atoms with Crippen LogP contribution in [0.15, 0.2) is 73.1 Å². The van der Waals surface area contributed by atoms with Gasteiger partial charge >= 0.3 is 0 Å². The van der Waals surface area contributed by atoms with Crippen molar-refractivity contribution in [2.45, 2.75) is 44.9 Å². The Bertz CT molecular complexity index is 1550. The number of pyridine rings is 1. The molecule has 1 atom stereocenters. The number of nitrogens with zero attached hydrogens (tertiary/aromatic N) is 4. The van der Waals surface area contributed by atoms with Crippen LogP contribution in [0.1, 0.15) is 54.0 Å². The molecule has 2 aromatic carbocycles. The lowest BCUT2D eigenvalue weighted by molar-refractivity contribution is -0.123. The highest BCUT2D eigenvalue weighted by Crippen LogP contribution is 2.48. The summed E-state index contributed by atoms with van der Waals surface area (Å²) in [6.07, 6.45) is 3.34. The van der Waals surface area contributed by atoms with Crippen molar-refractivity contribution >= 4 is 29.4 Å². The second-order valence-corrected chi connectivity index (χ2v) is 12.0. The molecule has 0 fully saturated rings. The highest BCUT2D eigenvalue weighted by Gasteiger charge is 2.40. The van der Waals surface area contributed by atoms with E-state index in [-0.39, 0.29) is 35.2 Å². The largest absolute Gasteiger partial charge is 0.350 e. The van der Waals surface area contributed by atoms with E-state index in [0.717, 1.165) is 33.6 Å². The molecule has 1 aliphatic heterocycles. The molecule has 1 aliphatic rings. The molecule has 9 heteroatoms. The molecule has 2 amide bonds. The Labute approximate surface area is 237 Å². The molecule has 0 unspecified atom stereocenters. The average molecular weight is 558 g/mol. The molecule has 0 spiro atoms. The van der Waals surface area contributed by atoms with Gasteiger partial charge in [-0.15, -0.1) is 11.8 Å². The summed E-state index contributed by atoms with van der Waals surface area (Å²) in [6.45, 7) is 8.36. The third kappa shape index (κ3) is 5.79. The van der Waals surface area contributed by atoms with E-state index < -0.39 is 5.41 Å². The van der Waals surface area contributed by atoms with E-state index in [1.807, 2.05) is 49.4 Å². The number of hydrogen-bond donors (Lipinski definition) is 1. The van der Waals surface area contributed by atoms with Gasteiger partial charge in [-0.1, -0.05) is 45.0 Å². The molecule has 7 nitrogen and oxygen atoms in total. The van der Waals surface area contributed by atoms with Crippen LogP contribution in [0.4, 0.5) is 10.2 Å². The van der Waals surface area contributed by atoms with Gasteiger partial charge in [0.2, 0.25) is 11.8 Å². The van der Waals surface area contributed by atoms with E-state index in [2.05, 4.69) is 31.1 Å². The van der Waals surface area contributed by atoms with Crippen molar-refractivity contribution in [3.05, 3.63) is 107 Å². The van der Waals surface area contributed by atoms with Crippen molar-refractivity contribution in [2.75, 3.05) is 17.2 Å². The Kier molecular flexibility index (Phi) is 7.76. The minimum atomic E-state index is -0.395. The van der Waals surface area contributed by atoms with Gasteiger partial charge < -0.3 is 5.32 Å². The van der Waals surface area contributed by atoms with Crippen molar-refractivity contribution < 1.29 is 14.0 Å². The number of benzene rings is 2. The first-order valence-corrected chi connectivity index (χ1v) is 14.2. The van der Waals surface area contributed by atoms with Crippen molar-refractivity contribution in [3.8, 4) is 5.69 Å². The normalized spacial score (nSPS) is 15.5. The lowest BCUT2D eigenvalue weighted by Crippen LogP contribution is -2.42. The zero-order valence-electron chi connectivity index (χ0n) is 23.0. The van der Waals surface area contributed by atoms with Crippen LogP contribution >= 0.6 is 11.8 Å². The molecule has 206 valence electrons. The van der Waals surface area contributed by atoms with Crippen LogP contribution in [0.3, 0.4) is 0 Å². The fraction of sp³-hybridized carbons (Fsp3) is 0.290. The lowest BCUT2D eigenvalue weighted by atomic mass is 9.87. The molecule has 0 saturated carbocycles. The van der Waals surface area contributed by atoms with Gasteiger partial charge in [0.15, 0.2) is 0 Å². The van der Waals surface area contributed by atoms with Crippen LogP contribution in [0.2, 0.25) is 0 Å². The van der Waals surface area contributed by atoms with E-state index >= 15 is 0 Å². The van der Waals surface area contributed by atoms with Crippen LogP contribution < -0.4 is 10.2 Å². The summed E-state index contributed by atoms with van der Waals surface area (Å²) in [7, 11) is 0. The van der Waals surface area contributed by atoms with Gasteiger partial charge in [-0.3, -0.25) is 19.5 Å². The number of hydrogen-bond acceptors (Lipinski definition) is 5. The number of halogens is 1. The third-order valence-electron chi connectivity index (χ3n) is 6.74. The summed E-state index contributed by atoms with van der Waals surface area (Å²) >= 11 is 1.43. The van der Waals surface area contributed by atoms with Crippen LogP contribution in [0.5, 0.6) is 0 Å². The molecule has 4 aromatic rings. The summed E-state index contributed by atoms with van der Waals surface area (Å²) < 4.78 is 16.2. The highest BCUT2D eigenvalue weighted by molar-refractivity contribution is 8.00. The minimum absolute atomic E-state index is 0.130. The summed E-state index contributed by atoms with van der Waals surface area (Å²) in [5.74, 6) is -0.173. The molecular formula is C31H32FN5O2S. The maximum Gasteiger partial charge on any atom is 0.240 e. The van der Waals surface area contributed by atoms with E-state index in [0.29, 0.717) is 12.4 Å². The van der Waals surface area contributed by atoms with E-state index in [1.165, 1.54) is 28.8 Å². The SMILES string of the molecule is Cc1cccc(-n2nc(C(C)(C)C)c3c2N(CC(=O)NCc2ccncc2)C(=O)CS[C@H]3c2cccc(F)c2)c1. The Morgan fingerprint density at radius 1 is 1.10 bits per heavy atom. The van der Waals surface area contributed by atoms with Crippen LogP contribution in [-0.4, -0.2) is 38.9 Å². The van der Waals surface area contributed by atoms with E-state index in [9.17, 15) is 14.0 Å². The first kappa shape index (κ1) is 27.6. The van der Waals surface area contributed by atoms with Gasteiger partial charge in [-0.2, -0.15) is 5.10 Å². The van der Waals surface area contributed by atoms with Crippen molar-refractivity contribution in [2.24, 2.45) is 0 Å². The molecule has 3 heterocycles. The number of carbonyl (C=O) groups is 2. The number of carbonyl (C=O) groups excluding carboxylic acids is 2. The predicted molar refractivity (Wildman–Crippen MR) is 156 cm³/mol. The lowest BCUT2D eigenvalue weighted by Gasteiger charge is -2.24. The van der Waals surface area contributed by atoms with Crippen LogP contribution in [-0.2, 0) is 21.5 Å². The second-order valence-electron chi connectivity index (χ2n) is 10.9. The third-order valence-corrected chi connectivity index (χ3v) is 7.99. The maximum absolute atomic E-state index is 14.4. The number of anilines is 1. The second kappa shape index (κ2) is 11.3. The topological polar surface area (TPSA) is 80.1 Å². The minimum Gasteiger partial charge on any atom is -0.350 e. The molecule has 5 rings (SSSR count). The summed E-state index contributed by atoms with van der Waals surface area (Å²) in [5, 5.41) is 7.65. The maximum atomic E-state index is 14.4. The van der Waals surface area contributed by atoms with Gasteiger partial charge in [-0.05, 0) is 60.0 Å². The number of nitrogens with one attached hydrogen (secondary N) is 1. The smallest absolute Gasteiger partial charge is 0.240 e. The molecule has 0 aliphatic carbocycles. The Morgan fingerprint density at radius 2 is 1.85 bits per heavy atom. The van der Waals surface area contributed by atoms with Gasteiger partial charge in [0.25, 0.3) is 0 Å². The summed E-state index contributed by atoms with van der Waals surface area (Å²) in [5.41, 5.74) is 4.70. The highest BCUT2D eigenvalue weighted by atomic mass is 32.2. The van der Waals surface area contributed by atoms with Crippen molar-refractivity contribution in [1.82, 2.24) is 20.1 Å². The van der Waals surface area contributed by atoms with E-state index in [1.54, 1.807) is 23.1 Å². The Balaban J connectivity index is 1.66.